The molecule has 1 radical (unpaired) electrons. The first-order valence-electron chi connectivity index (χ1n) is 12.4. The second kappa shape index (κ2) is 9.01. The first kappa shape index (κ1) is 22.1. The Balaban J connectivity index is 1.45. The van der Waals surface area contributed by atoms with Gasteiger partial charge in [0.15, 0.2) is 5.42 Å². The monoisotopic (exact) mass is 477 g/mol. The average Bonchev–Trinajstić information content (AvgIpc) is 3.58. The highest BCUT2D eigenvalue weighted by Crippen LogP contribution is 2.46. The van der Waals surface area contributed by atoms with Crippen molar-refractivity contribution in [1.82, 2.24) is 4.57 Å². The smallest absolute Gasteiger partial charge is 0.269 e. The molecule has 4 heteroatoms. The molecule has 1 aromatic heterocycles. The SMILES string of the molecule is CCn1c(=S)oc(=C/C2=CC=C(N(C3=CC4CC4C=C3)c3ccccc3)C(C)C=C2)/c1=C1\[CH]C=C1. The summed E-state index contributed by atoms with van der Waals surface area (Å²) in [5, 5.41) is 1.05. The van der Waals surface area contributed by atoms with E-state index >= 15 is 0 Å². The van der Waals surface area contributed by atoms with Gasteiger partial charge in [-0.3, -0.25) is 4.57 Å². The summed E-state index contributed by atoms with van der Waals surface area (Å²) in [5.41, 5.74) is 6.76. The van der Waals surface area contributed by atoms with Gasteiger partial charge in [-0.05, 0) is 78.9 Å². The molecule has 1 saturated carbocycles. The highest BCUT2D eigenvalue weighted by molar-refractivity contribution is 7.71. The van der Waals surface area contributed by atoms with Gasteiger partial charge < -0.3 is 9.32 Å². The van der Waals surface area contributed by atoms with E-state index in [9.17, 15) is 0 Å². The highest BCUT2D eigenvalue weighted by atomic mass is 32.1. The molecule has 0 bridgehead atoms. The highest BCUT2D eigenvalue weighted by Gasteiger charge is 2.36. The summed E-state index contributed by atoms with van der Waals surface area (Å²) in [6.45, 7) is 5.14. The van der Waals surface area contributed by atoms with E-state index in [1.54, 1.807) is 0 Å². The van der Waals surface area contributed by atoms with E-state index in [2.05, 4.69) is 115 Å². The number of benzene rings is 1. The van der Waals surface area contributed by atoms with Crippen molar-refractivity contribution in [3.8, 4) is 0 Å². The molecule has 6 rings (SSSR count). The molecule has 3 unspecified atom stereocenters. The third kappa shape index (κ3) is 4.17. The Labute approximate surface area is 211 Å². The molecule has 0 spiro atoms. The summed E-state index contributed by atoms with van der Waals surface area (Å²) in [5.74, 6) is 1.66. The largest absolute Gasteiger partial charge is 0.429 e. The Bertz CT molecular complexity index is 1520. The molecule has 0 amide bonds. The second-order valence-electron chi connectivity index (χ2n) is 9.54. The van der Waals surface area contributed by atoms with Crippen molar-refractivity contribution in [2.24, 2.45) is 17.8 Å². The van der Waals surface area contributed by atoms with Crippen LogP contribution in [0.3, 0.4) is 0 Å². The number of allylic oxidation sites excluding steroid dienone is 10. The number of aromatic nitrogens is 1. The van der Waals surface area contributed by atoms with Crippen LogP contribution in [0, 0.1) is 29.0 Å². The summed E-state index contributed by atoms with van der Waals surface area (Å²) < 4.78 is 8.10. The zero-order valence-corrected chi connectivity index (χ0v) is 20.9. The molecule has 175 valence electrons. The van der Waals surface area contributed by atoms with Crippen molar-refractivity contribution in [2.75, 3.05) is 4.90 Å². The fourth-order valence-corrected chi connectivity index (χ4v) is 5.35. The average molecular weight is 478 g/mol. The minimum atomic E-state index is 0.243. The van der Waals surface area contributed by atoms with Gasteiger partial charge in [0, 0.05) is 36.0 Å². The summed E-state index contributed by atoms with van der Waals surface area (Å²) >= 11 is 5.51. The minimum absolute atomic E-state index is 0.243. The Morgan fingerprint density at radius 3 is 2.63 bits per heavy atom. The van der Waals surface area contributed by atoms with Crippen LogP contribution >= 0.6 is 12.2 Å². The zero-order valence-electron chi connectivity index (χ0n) is 20.1. The fraction of sp³-hybridized carbons (Fsp3) is 0.226. The summed E-state index contributed by atoms with van der Waals surface area (Å²) in [4.78, 5) is 2.93. The Morgan fingerprint density at radius 2 is 1.91 bits per heavy atom. The molecule has 35 heavy (non-hydrogen) atoms. The van der Waals surface area contributed by atoms with E-state index in [4.69, 9.17) is 16.6 Å². The molecular formula is C31H29N2OS. The van der Waals surface area contributed by atoms with Crippen LogP contribution in [0.15, 0.2) is 106 Å². The van der Waals surface area contributed by atoms with Gasteiger partial charge in [-0.25, -0.2) is 0 Å². The summed E-state index contributed by atoms with van der Waals surface area (Å²) in [6.07, 6.45) is 25.7. The first-order chi connectivity index (χ1) is 17.1. The molecule has 1 heterocycles. The number of nitrogens with zero attached hydrogens (tertiary/aromatic N) is 2. The Kier molecular flexibility index (Phi) is 5.69. The van der Waals surface area contributed by atoms with Gasteiger partial charge in [0.05, 0.1) is 5.35 Å². The summed E-state index contributed by atoms with van der Waals surface area (Å²) in [7, 11) is 0. The maximum Gasteiger partial charge on any atom is 0.269 e. The lowest BCUT2D eigenvalue weighted by molar-refractivity contribution is 0.489. The molecule has 0 aliphatic heterocycles. The molecule has 3 nitrogen and oxygen atoms in total. The minimum Gasteiger partial charge on any atom is -0.429 e. The van der Waals surface area contributed by atoms with Crippen LogP contribution in [0.25, 0.3) is 11.6 Å². The number of oxazole rings is 1. The van der Waals surface area contributed by atoms with Crippen LogP contribution in [0.4, 0.5) is 5.69 Å². The molecule has 0 saturated heterocycles. The van der Waals surface area contributed by atoms with Gasteiger partial charge in [-0.15, -0.1) is 0 Å². The standard InChI is InChI=1S/C31H29N2OS/c1-3-32-30(23-8-7-9-23)29(34-31(32)35)18-22-13-12-21(2)28(17-14-22)33(26-10-5-4-6-11-26)27-16-15-24-19-25(24)20-27/h4-18,20-21,24-25H,3,19H2,1-2H3/b29-18+. The lowest BCUT2D eigenvalue weighted by atomic mass is 10.0. The van der Waals surface area contributed by atoms with Crippen LogP contribution in [-0.4, -0.2) is 4.57 Å². The second-order valence-corrected chi connectivity index (χ2v) is 9.89. The molecule has 1 aromatic carbocycles. The molecular weight excluding hydrogens is 448 g/mol. The van der Waals surface area contributed by atoms with Crippen molar-refractivity contribution < 1.29 is 4.42 Å². The van der Waals surface area contributed by atoms with Crippen molar-refractivity contribution in [1.29, 1.82) is 0 Å². The molecule has 0 N–H and O–H groups in total. The zero-order chi connectivity index (χ0) is 23.9. The van der Waals surface area contributed by atoms with Gasteiger partial charge in [-0.2, -0.15) is 0 Å². The number of anilines is 1. The van der Waals surface area contributed by atoms with E-state index in [0.29, 0.717) is 10.8 Å². The molecule has 1 fully saturated rings. The quantitative estimate of drug-likeness (QED) is 0.482. The van der Waals surface area contributed by atoms with E-state index in [-0.39, 0.29) is 5.92 Å². The lowest BCUT2D eigenvalue weighted by Gasteiger charge is -2.32. The van der Waals surface area contributed by atoms with E-state index in [1.165, 1.54) is 23.5 Å². The van der Waals surface area contributed by atoms with Crippen molar-refractivity contribution >= 4 is 29.6 Å². The van der Waals surface area contributed by atoms with E-state index in [1.807, 2.05) is 6.08 Å². The van der Waals surface area contributed by atoms with Crippen molar-refractivity contribution in [2.45, 2.75) is 26.8 Å². The van der Waals surface area contributed by atoms with Crippen LogP contribution < -0.4 is 15.7 Å². The predicted octanol–water partition coefficient (Wildman–Crippen LogP) is 6.15. The van der Waals surface area contributed by atoms with Crippen molar-refractivity contribution in [3.63, 3.8) is 0 Å². The number of rotatable bonds is 5. The third-order valence-corrected chi connectivity index (χ3v) is 7.48. The first-order valence-corrected chi connectivity index (χ1v) is 12.9. The Hall–Kier alpha value is -3.37. The number of hydrogen-bond donors (Lipinski definition) is 0. The van der Waals surface area contributed by atoms with Crippen molar-refractivity contribution in [3.05, 3.63) is 124 Å². The molecule has 3 atom stereocenters. The van der Waals surface area contributed by atoms with Crippen LogP contribution in [0.5, 0.6) is 0 Å². The molecule has 2 aromatic rings. The maximum atomic E-state index is 6.04. The van der Waals surface area contributed by atoms with Crippen LogP contribution in [-0.2, 0) is 6.54 Å². The Morgan fingerprint density at radius 1 is 1.09 bits per heavy atom. The summed E-state index contributed by atoms with van der Waals surface area (Å²) in [6, 6.07) is 10.7. The number of fused-ring (bicyclic) bond motifs is 1. The molecule has 4 aliphatic carbocycles. The normalized spacial score (nSPS) is 26.4. The number of hydrogen-bond acceptors (Lipinski definition) is 3. The van der Waals surface area contributed by atoms with E-state index in [0.717, 1.165) is 34.4 Å². The van der Waals surface area contributed by atoms with Crippen LogP contribution in [0.2, 0.25) is 0 Å². The lowest BCUT2D eigenvalue weighted by Crippen LogP contribution is -2.32. The van der Waals surface area contributed by atoms with Gasteiger partial charge >= 0.3 is 0 Å². The van der Waals surface area contributed by atoms with Gasteiger partial charge in [0.1, 0.15) is 0 Å². The van der Waals surface area contributed by atoms with Gasteiger partial charge in [0.25, 0.3) is 4.84 Å². The van der Waals surface area contributed by atoms with Crippen LogP contribution in [0.1, 0.15) is 20.3 Å². The van der Waals surface area contributed by atoms with Gasteiger partial charge in [-0.1, -0.05) is 67.7 Å². The van der Waals surface area contributed by atoms with E-state index < -0.39 is 0 Å². The van der Waals surface area contributed by atoms with Gasteiger partial charge in [0.2, 0.25) is 0 Å². The predicted molar refractivity (Wildman–Crippen MR) is 146 cm³/mol. The topological polar surface area (TPSA) is 21.3 Å². The fourth-order valence-electron chi connectivity index (χ4n) is 5.04. The molecule has 4 aliphatic rings. The third-order valence-electron chi connectivity index (χ3n) is 7.17. The maximum absolute atomic E-state index is 6.04. The number of para-hydroxylation sites is 1.